The number of piperidine rings is 2. The smallest absolute Gasteiger partial charge is 0.329 e. The Morgan fingerprint density at radius 2 is 1.84 bits per heavy atom. The van der Waals surface area contributed by atoms with Gasteiger partial charge in [-0.1, -0.05) is 12.1 Å². The number of amides is 3. The first-order valence-corrected chi connectivity index (χ1v) is 22.6. The molecule has 9 rings (SSSR count). The number of hydrogen-bond acceptors (Lipinski definition) is 11. The van der Waals surface area contributed by atoms with Gasteiger partial charge in [0.1, 0.15) is 17.4 Å². The number of imide groups is 1. The van der Waals surface area contributed by atoms with Crippen LogP contribution in [0.25, 0.3) is 16.7 Å². The second-order valence-corrected chi connectivity index (χ2v) is 18.4. The number of carbonyl (C=O) groups is 3. The second kappa shape index (κ2) is 18.2. The van der Waals surface area contributed by atoms with Gasteiger partial charge in [-0.25, -0.2) is 23.1 Å². The molecule has 1 aromatic carbocycles. The van der Waals surface area contributed by atoms with Crippen LogP contribution in [0.4, 0.5) is 20.3 Å². The third-order valence-electron chi connectivity index (χ3n) is 13.5. The summed E-state index contributed by atoms with van der Waals surface area (Å²) in [4.78, 5) is 60.5. The third kappa shape index (κ3) is 9.06. The van der Waals surface area contributed by atoms with Crippen LogP contribution in [-0.2, 0) is 32.5 Å². The maximum absolute atomic E-state index is 14.3. The van der Waals surface area contributed by atoms with Crippen LogP contribution in [0.2, 0.25) is 0 Å². The Labute approximate surface area is 369 Å². The number of benzene rings is 1. The molecule has 342 valence electrons. The zero-order valence-corrected chi connectivity index (χ0v) is 36.7. The summed E-state index contributed by atoms with van der Waals surface area (Å²) in [6, 6.07) is 6.86. The van der Waals surface area contributed by atoms with Crippen molar-refractivity contribution >= 4 is 45.9 Å². The minimum atomic E-state index is -2.86. The predicted molar refractivity (Wildman–Crippen MR) is 234 cm³/mol. The van der Waals surface area contributed by atoms with Crippen LogP contribution in [0.15, 0.2) is 47.7 Å². The summed E-state index contributed by atoms with van der Waals surface area (Å²) in [5, 5.41) is 13.6. The van der Waals surface area contributed by atoms with Gasteiger partial charge in [0, 0.05) is 65.2 Å². The topological polar surface area (TPSA) is 175 Å². The number of likely N-dealkylation sites (tertiary alicyclic amines) is 1. The fraction of sp³-hybridized carbons (Fsp3) is 0.578. The van der Waals surface area contributed by atoms with Gasteiger partial charge in [-0.05, 0) is 95.2 Å². The molecule has 1 saturated carbocycles. The molecule has 0 spiro atoms. The number of nitrogens with one attached hydrogen (secondary N) is 2. The number of imidazole rings is 1. The van der Waals surface area contributed by atoms with E-state index in [0.717, 1.165) is 82.1 Å². The van der Waals surface area contributed by atoms with E-state index < -0.39 is 30.0 Å². The molecule has 4 aromatic heterocycles. The van der Waals surface area contributed by atoms with Crippen molar-refractivity contribution < 1.29 is 32.6 Å². The molecule has 17 nitrogen and oxygen atoms in total. The van der Waals surface area contributed by atoms with Crippen LogP contribution in [0.1, 0.15) is 112 Å². The average Bonchev–Trinajstić information content (AvgIpc) is 3.97. The number of para-hydroxylation sites is 1. The van der Waals surface area contributed by atoms with Gasteiger partial charge < -0.3 is 24.6 Å². The van der Waals surface area contributed by atoms with Crippen molar-refractivity contribution in [3.63, 3.8) is 0 Å². The van der Waals surface area contributed by atoms with Gasteiger partial charge in [0.05, 0.1) is 47.3 Å². The summed E-state index contributed by atoms with van der Waals surface area (Å²) in [6.07, 6.45) is 9.44. The van der Waals surface area contributed by atoms with Gasteiger partial charge in [-0.3, -0.25) is 33.5 Å². The average molecular weight is 886 g/mol. The number of carbonyl (C=O) groups excluding carboxylic acids is 3. The molecule has 1 unspecified atom stereocenters. The van der Waals surface area contributed by atoms with Gasteiger partial charge in [0.2, 0.25) is 11.8 Å². The van der Waals surface area contributed by atoms with Crippen LogP contribution >= 0.6 is 0 Å². The molecule has 3 saturated heterocycles. The number of aryl methyl sites for hydroxylation is 2. The zero-order valence-electron chi connectivity index (χ0n) is 36.7. The van der Waals surface area contributed by atoms with Crippen LogP contribution in [0, 0.1) is 5.92 Å². The molecule has 5 aromatic rings. The standard InChI is InChI=1S/C45H57F2N11O6/c1-45(2)27-55(21-23-64-45)36-17-20-56-41(50-36)32(24-48-56)42(60)49-33-26-57(52-38(33)40(46)47)30-11-9-28(10-12-30)25-54-18-15-31(16-19-54)63-22-5-7-29-6-4-8-34-39(29)53(3)44(62)58(34)35-13-14-37(59)51-43(35)61/h4,6,8,17,20,24,26,28,30-31,35,40H,5,7,9-16,18-19,21-23,25,27H2,1-3H3,(H,49,60)(H,51,59,61). The van der Waals surface area contributed by atoms with Gasteiger partial charge in [-0.2, -0.15) is 10.2 Å². The molecule has 1 atom stereocenters. The molecule has 4 aliphatic rings. The molecule has 19 heteroatoms. The van der Waals surface area contributed by atoms with Crippen molar-refractivity contribution in [3.8, 4) is 0 Å². The van der Waals surface area contributed by atoms with Crippen LogP contribution in [0.3, 0.4) is 0 Å². The van der Waals surface area contributed by atoms with E-state index in [-0.39, 0.29) is 47.0 Å². The number of anilines is 2. The summed E-state index contributed by atoms with van der Waals surface area (Å²) < 4.78 is 47.0. The normalized spacial score (nSPS) is 22.5. The van der Waals surface area contributed by atoms with Gasteiger partial charge in [0.15, 0.2) is 11.3 Å². The maximum atomic E-state index is 14.3. The molecule has 7 heterocycles. The first-order valence-electron chi connectivity index (χ1n) is 22.6. The van der Waals surface area contributed by atoms with Gasteiger partial charge in [0.25, 0.3) is 12.3 Å². The Balaban J connectivity index is 0.732. The number of rotatable bonds is 13. The first kappa shape index (κ1) is 43.7. The van der Waals surface area contributed by atoms with E-state index in [1.54, 1.807) is 28.7 Å². The first-order chi connectivity index (χ1) is 30.8. The summed E-state index contributed by atoms with van der Waals surface area (Å²) in [5.41, 5.74) is 1.95. The molecule has 0 radical (unpaired) electrons. The fourth-order valence-electron chi connectivity index (χ4n) is 10.1. The van der Waals surface area contributed by atoms with Crippen molar-refractivity contribution in [2.45, 2.75) is 108 Å². The summed E-state index contributed by atoms with van der Waals surface area (Å²) >= 11 is 0. The number of fused-ring (bicyclic) bond motifs is 2. The molecule has 3 amide bonds. The van der Waals surface area contributed by atoms with E-state index in [4.69, 9.17) is 14.5 Å². The van der Waals surface area contributed by atoms with Crippen molar-refractivity contribution in [2.24, 2.45) is 13.0 Å². The lowest BCUT2D eigenvalue weighted by Gasteiger charge is -2.38. The lowest BCUT2D eigenvalue weighted by Crippen LogP contribution is -2.48. The van der Waals surface area contributed by atoms with Gasteiger partial charge >= 0.3 is 5.69 Å². The van der Waals surface area contributed by atoms with Crippen LogP contribution in [0.5, 0.6) is 0 Å². The highest BCUT2D eigenvalue weighted by molar-refractivity contribution is 6.08. The minimum Gasteiger partial charge on any atom is -0.378 e. The number of nitrogens with zero attached hydrogens (tertiary/aromatic N) is 9. The highest BCUT2D eigenvalue weighted by Crippen LogP contribution is 2.36. The maximum Gasteiger partial charge on any atom is 0.329 e. The Bertz CT molecular complexity index is 2580. The highest BCUT2D eigenvalue weighted by Gasteiger charge is 2.33. The van der Waals surface area contributed by atoms with Crippen LogP contribution < -0.4 is 21.2 Å². The van der Waals surface area contributed by atoms with Gasteiger partial charge in [-0.15, -0.1) is 0 Å². The Morgan fingerprint density at radius 3 is 2.59 bits per heavy atom. The lowest BCUT2D eigenvalue weighted by molar-refractivity contribution is -0.135. The molecule has 64 heavy (non-hydrogen) atoms. The number of aromatic nitrogens is 7. The number of halogens is 2. The Morgan fingerprint density at radius 1 is 1.05 bits per heavy atom. The lowest BCUT2D eigenvalue weighted by atomic mass is 9.85. The molecular weight excluding hydrogens is 829 g/mol. The Kier molecular flexibility index (Phi) is 12.4. The number of ether oxygens (including phenoxy) is 2. The number of morpholine rings is 1. The zero-order chi connectivity index (χ0) is 44.7. The summed E-state index contributed by atoms with van der Waals surface area (Å²) in [5.74, 6) is -0.154. The van der Waals surface area contributed by atoms with Crippen molar-refractivity contribution in [1.82, 2.24) is 43.7 Å². The Hall–Kier alpha value is -5.53. The van der Waals surface area contributed by atoms with Crippen molar-refractivity contribution in [1.29, 1.82) is 0 Å². The monoisotopic (exact) mass is 885 g/mol. The molecule has 2 N–H and O–H groups in total. The van der Waals surface area contributed by atoms with Crippen LogP contribution in [-0.4, -0.2) is 114 Å². The molecule has 4 fully saturated rings. The highest BCUT2D eigenvalue weighted by atomic mass is 19.3. The van der Waals surface area contributed by atoms with E-state index in [2.05, 4.69) is 30.6 Å². The van der Waals surface area contributed by atoms with E-state index >= 15 is 0 Å². The fourth-order valence-corrected chi connectivity index (χ4v) is 10.1. The van der Waals surface area contributed by atoms with E-state index in [1.807, 2.05) is 38.1 Å². The van der Waals surface area contributed by atoms with E-state index in [0.29, 0.717) is 55.6 Å². The second-order valence-electron chi connectivity index (χ2n) is 18.4. The molecule has 1 aliphatic carbocycles. The summed E-state index contributed by atoms with van der Waals surface area (Å²) in [6.45, 7) is 9.36. The SMILES string of the molecule is Cn1c(=O)n(C2CCC(=O)NC2=O)c2cccc(CCCOC3CCN(CC4CCC(n5cc(NC(=O)c6cnn7ccc(N8CCOC(C)(C)C8)nc67)c(C(F)F)n5)CC4)CC3)c21. The van der Waals surface area contributed by atoms with Crippen molar-refractivity contribution in [2.75, 3.05) is 56.2 Å². The third-order valence-corrected chi connectivity index (χ3v) is 13.5. The minimum absolute atomic E-state index is 0.0105. The quantitative estimate of drug-likeness (QED) is 0.117. The largest absolute Gasteiger partial charge is 0.378 e. The molecule has 3 aliphatic heterocycles. The number of alkyl halides is 2. The molecular formula is C45H57F2N11O6. The van der Waals surface area contributed by atoms with E-state index in [1.165, 1.54) is 15.3 Å². The van der Waals surface area contributed by atoms with E-state index in [9.17, 15) is 28.0 Å². The molecule has 0 bridgehead atoms. The summed E-state index contributed by atoms with van der Waals surface area (Å²) in [7, 11) is 1.72. The van der Waals surface area contributed by atoms with Crippen molar-refractivity contribution in [3.05, 3.63) is 70.2 Å². The number of hydrogen-bond donors (Lipinski definition) is 2. The predicted octanol–water partition coefficient (Wildman–Crippen LogP) is 5.21.